The molecular weight excluding hydrogens is 274 g/mol. The molecule has 0 aromatic heterocycles. The highest BCUT2D eigenvalue weighted by atomic mass is 32.1. The van der Waals surface area contributed by atoms with Crippen LogP contribution < -0.4 is 0 Å². The van der Waals surface area contributed by atoms with Crippen LogP contribution in [0.3, 0.4) is 0 Å². The Balaban J connectivity index is 3.27. The lowest BCUT2D eigenvalue weighted by molar-refractivity contribution is -0.375. The van der Waals surface area contributed by atoms with Crippen LogP contribution in [-0.2, 0) is 4.74 Å². The zero-order chi connectivity index (χ0) is 14.7. The van der Waals surface area contributed by atoms with Crippen molar-refractivity contribution in [3.63, 3.8) is 0 Å². The van der Waals surface area contributed by atoms with Crippen molar-refractivity contribution in [1.29, 1.82) is 0 Å². The molecule has 108 valence electrons. The molecule has 8 heteroatoms. The van der Waals surface area contributed by atoms with Gasteiger partial charge in [-0.2, -0.15) is 4.99 Å². The van der Waals surface area contributed by atoms with Crippen molar-refractivity contribution < 1.29 is 30.3 Å². The van der Waals surface area contributed by atoms with Crippen LogP contribution in [0.25, 0.3) is 0 Å². The number of hydrogen-bond donors (Lipinski definition) is 5. The largest absolute Gasteiger partial charge is 0.394 e. The first-order chi connectivity index (χ1) is 8.85. The van der Waals surface area contributed by atoms with Crippen LogP contribution in [0.15, 0.2) is 17.1 Å². The molecule has 0 bridgehead atoms. The number of ether oxygens (including phenoxy) is 1. The Bertz CT molecular complexity index is 395. The van der Waals surface area contributed by atoms with Gasteiger partial charge in [-0.3, -0.25) is 0 Å². The molecule has 5 N–H and O–H groups in total. The van der Waals surface area contributed by atoms with E-state index in [0.717, 1.165) is 6.08 Å². The summed E-state index contributed by atoms with van der Waals surface area (Å²) in [5, 5.41) is 51.3. The highest BCUT2D eigenvalue weighted by Gasteiger charge is 2.63. The van der Waals surface area contributed by atoms with E-state index in [4.69, 9.17) is 9.84 Å². The number of allylic oxidation sites excluding steroid dienone is 1. The first-order valence-corrected chi connectivity index (χ1v) is 6.12. The fourth-order valence-corrected chi connectivity index (χ4v) is 1.96. The van der Waals surface area contributed by atoms with Crippen molar-refractivity contribution in [3.05, 3.63) is 12.2 Å². The maximum absolute atomic E-state index is 10.3. The quantitative estimate of drug-likeness (QED) is 0.186. The Kier molecular flexibility index (Phi) is 5.31. The van der Waals surface area contributed by atoms with Crippen molar-refractivity contribution in [2.24, 2.45) is 4.99 Å². The summed E-state index contributed by atoms with van der Waals surface area (Å²) in [5.74, 6) is -2.91. The van der Waals surface area contributed by atoms with Gasteiger partial charge in [0.25, 0.3) is 0 Å². The number of hydrogen-bond acceptors (Lipinski definition) is 8. The fraction of sp³-hybridized carbons (Fsp3) is 0.727. The number of aliphatic imine (C=N–C) groups is 1. The molecule has 1 unspecified atom stereocenters. The van der Waals surface area contributed by atoms with Gasteiger partial charge in [0.05, 0.1) is 11.8 Å². The normalized spacial score (nSPS) is 38.1. The number of rotatable bonds is 4. The summed E-state index contributed by atoms with van der Waals surface area (Å²) >= 11 is 4.36. The fourth-order valence-electron chi connectivity index (χ4n) is 1.86. The van der Waals surface area contributed by atoms with E-state index in [-0.39, 0.29) is 0 Å². The third-order valence-electron chi connectivity index (χ3n) is 3.00. The van der Waals surface area contributed by atoms with Crippen LogP contribution in [0.5, 0.6) is 0 Å². The summed E-state index contributed by atoms with van der Waals surface area (Å²) < 4.78 is 4.99. The number of aliphatic hydroxyl groups excluding tert-OH is 2. The molecule has 7 nitrogen and oxygen atoms in total. The Morgan fingerprint density at radius 1 is 1.42 bits per heavy atom. The van der Waals surface area contributed by atoms with Crippen molar-refractivity contribution >= 4 is 17.4 Å². The zero-order valence-electron chi connectivity index (χ0n) is 10.3. The highest BCUT2D eigenvalue weighted by Crippen LogP contribution is 2.38. The van der Waals surface area contributed by atoms with Gasteiger partial charge in [0.15, 0.2) is 5.60 Å². The topological polar surface area (TPSA) is 123 Å². The molecule has 19 heavy (non-hydrogen) atoms. The molecule has 1 saturated heterocycles. The van der Waals surface area contributed by atoms with Gasteiger partial charge in [0.2, 0.25) is 12.0 Å². The highest BCUT2D eigenvalue weighted by molar-refractivity contribution is 7.78. The third kappa shape index (κ3) is 2.76. The molecule has 1 aliphatic rings. The van der Waals surface area contributed by atoms with E-state index in [1.165, 1.54) is 6.08 Å². The van der Waals surface area contributed by atoms with E-state index >= 15 is 0 Å². The number of thiocarbonyl (C=S) groups is 1. The smallest absolute Gasteiger partial charge is 0.248 e. The molecule has 1 aliphatic heterocycles. The molecule has 4 atom stereocenters. The summed E-state index contributed by atoms with van der Waals surface area (Å²) in [5.41, 5.74) is -2.45. The standard InChI is InChI=1S/C11H17NO6S/c1-2-3-4-10(15)8(14)7(5-13)18-9(12-6-19)11(10,16)17/h3-4,7-9,13-17H,2,5H2,1H3/t7-,8-,9?,10+/m1/s1. The Labute approximate surface area is 115 Å². The number of nitrogens with zero attached hydrogens (tertiary/aromatic N) is 1. The average molecular weight is 291 g/mol. The van der Waals surface area contributed by atoms with E-state index in [9.17, 15) is 20.4 Å². The van der Waals surface area contributed by atoms with E-state index in [1.807, 2.05) is 5.16 Å². The molecule has 1 fully saturated rings. The molecule has 1 rings (SSSR count). The number of isothiocyanates is 1. The van der Waals surface area contributed by atoms with Gasteiger partial charge in [0.1, 0.15) is 12.2 Å². The molecule has 0 amide bonds. The van der Waals surface area contributed by atoms with Crippen LogP contribution in [0.1, 0.15) is 13.3 Å². The summed E-state index contributed by atoms with van der Waals surface area (Å²) in [7, 11) is 0. The van der Waals surface area contributed by atoms with Gasteiger partial charge < -0.3 is 30.3 Å². The average Bonchev–Trinajstić information content (AvgIpc) is 2.38. The summed E-state index contributed by atoms with van der Waals surface area (Å²) in [4.78, 5) is 3.40. The molecular formula is C11H17NO6S. The second kappa shape index (κ2) is 6.17. The van der Waals surface area contributed by atoms with Crippen molar-refractivity contribution in [3.8, 4) is 0 Å². The van der Waals surface area contributed by atoms with Crippen molar-refractivity contribution in [1.82, 2.24) is 0 Å². The second-order valence-corrected chi connectivity index (χ2v) is 4.42. The zero-order valence-corrected chi connectivity index (χ0v) is 11.1. The first kappa shape index (κ1) is 16.4. The minimum Gasteiger partial charge on any atom is -0.394 e. The molecule has 0 aromatic carbocycles. The maximum Gasteiger partial charge on any atom is 0.248 e. The SMILES string of the molecule is CCC=C[C@]1(O)[C@H](O)[C@@H](CO)OC(N=C=S)C1(O)O. The Morgan fingerprint density at radius 3 is 2.53 bits per heavy atom. The van der Waals surface area contributed by atoms with Gasteiger partial charge >= 0.3 is 0 Å². The molecule has 0 radical (unpaired) electrons. The predicted molar refractivity (Wildman–Crippen MR) is 68.3 cm³/mol. The van der Waals surface area contributed by atoms with Crippen molar-refractivity contribution in [2.75, 3.05) is 6.61 Å². The van der Waals surface area contributed by atoms with Gasteiger partial charge in [-0.05, 0) is 24.7 Å². The van der Waals surface area contributed by atoms with E-state index < -0.39 is 36.4 Å². The van der Waals surface area contributed by atoms with Crippen LogP contribution >= 0.6 is 12.2 Å². The van der Waals surface area contributed by atoms with Crippen LogP contribution in [0.4, 0.5) is 0 Å². The van der Waals surface area contributed by atoms with Crippen molar-refractivity contribution in [2.45, 2.75) is 43.2 Å². The van der Waals surface area contributed by atoms with Crippen LogP contribution in [0, 0.1) is 0 Å². The van der Waals surface area contributed by atoms with Gasteiger partial charge in [-0.15, -0.1) is 0 Å². The van der Waals surface area contributed by atoms with E-state index in [2.05, 4.69) is 17.2 Å². The summed E-state index contributed by atoms with van der Waals surface area (Å²) in [6, 6.07) is 0. The van der Waals surface area contributed by atoms with Gasteiger partial charge in [0, 0.05) is 0 Å². The first-order valence-electron chi connectivity index (χ1n) is 5.71. The number of aliphatic hydroxyl groups is 5. The van der Waals surface area contributed by atoms with Gasteiger partial charge in [-0.1, -0.05) is 13.0 Å². The lowest BCUT2D eigenvalue weighted by Crippen LogP contribution is -2.73. The lowest BCUT2D eigenvalue weighted by Gasteiger charge is -2.49. The summed E-state index contributed by atoms with van der Waals surface area (Å²) in [6.45, 7) is 1.13. The molecule has 0 spiro atoms. The minimum absolute atomic E-state index is 0.497. The van der Waals surface area contributed by atoms with E-state index in [1.54, 1.807) is 6.92 Å². The monoisotopic (exact) mass is 291 g/mol. The molecule has 0 aromatic rings. The second-order valence-electron chi connectivity index (χ2n) is 4.24. The lowest BCUT2D eigenvalue weighted by atomic mass is 9.80. The Morgan fingerprint density at radius 2 is 2.05 bits per heavy atom. The van der Waals surface area contributed by atoms with Gasteiger partial charge in [-0.25, -0.2) is 0 Å². The third-order valence-corrected chi connectivity index (χ3v) is 3.10. The molecule has 0 saturated carbocycles. The Hall–Kier alpha value is -0.700. The van der Waals surface area contributed by atoms with E-state index in [0.29, 0.717) is 6.42 Å². The minimum atomic E-state index is -2.91. The van der Waals surface area contributed by atoms with Crippen LogP contribution in [-0.4, -0.2) is 67.1 Å². The molecule has 1 heterocycles. The maximum atomic E-state index is 10.3. The summed E-state index contributed by atoms with van der Waals surface area (Å²) in [6.07, 6.45) is -1.66. The molecule has 0 aliphatic carbocycles. The van der Waals surface area contributed by atoms with Crippen LogP contribution in [0.2, 0.25) is 0 Å². The predicted octanol–water partition coefficient (Wildman–Crippen LogP) is -1.45.